The van der Waals surface area contributed by atoms with Gasteiger partial charge in [0.1, 0.15) is 0 Å². The molecule has 0 radical (unpaired) electrons. The SMILES string of the molecule is NC[C@@H]1CN(Cc2ccc(Cl)s2)CCO1. The van der Waals surface area contributed by atoms with Crippen molar-refractivity contribution in [1.29, 1.82) is 0 Å². The van der Waals surface area contributed by atoms with Crippen molar-refractivity contribution in [2.45, 2.75) is 12.6 Å². The van der Waals surface area contributed by atoms with Gasteiger partial charge in [0.15, 0.2) is 0 Å². The van der Waals surface area contributed by atoms with E-state index in [-0.39, 0.29) is 6.10 Å². The summed E-state index contributed by atoms with van der Waals surface area (Å²) in [5.41, 5.74) is 5.59. The van der Waals surface area contributed by atoms with E-state index in [9.17, 15) is 0 Å². The third-order valence-corrected chi connectivity index (χ3v) is 3.71. The van der Waals surface area contributed by atoms with Crippen molar-refractivity contribution in [3.63, 3.8) is 0 Å². The molecule has 84 valence electrons. The van der Waals surface area contributed by atoms with Crippen molar-refractivity contribution in [3.8, 4) is 0 Å². The van der Waals surface area contributed by atoms with E-state index in [0.29, 0.717) is 6.54 Å². The van der Waals surface area contributed by atoms with Gasteiger partial charge >= 0.3 is 0 Å². The van der Waals surface area contributed by atoms with Crippen LogP contribution >= 0.6 is 22.9 Å². The molecule has 0 amide bonds. The highest BCUT2D eigenvalue weighted by Crippen LogP contribution is 2.23. The first-order chi connectivity index (χ1) is 7.28. The number of rotatable bonds is 3. The number of ether oxygens (including phenoxy) is 1. The lowest BCUT2D eigenvalue weighted by Crippen LogP contribution is -2.44. The molecule has 5 heteroatoms. The summed E-state index contributed by atoms with van der Waals surface area (Å²) >= 11 is 7.53. The first-order valence-corrected chi connectivity index (χ1v) is 6.25. The summed E-state index contributed by atoms with van der Waals surface area (Å²) in [5.74, 6) is 0. The van der Waals surface area contributed by atoms with Crippen molar-refractivity contribution < 1.29 is 4.74 Å². The van der Waals surface area contributed by atoms with Crippen LogP contribution < -0.4 is 5.73 Å². The lowest BCUT2D eigenvalue weighted by atomic mass is 10.2. The molecule has 1 fully saturated rings. The second kappa shape index (κ2) is 5.27. The molecule has 1 aliphatic heterocycles. The van der Waals surface area contributed by atoms with Gasteiger partial charge in [0.25, 0.3) is 0 Å². The summed E-state index contributed by atoms with van der Waals surface area (Å²) in [6.45, 7) is 4.23. The van der Waals surface area contributed by atoms with Gasteiger partial charge < -0.3 is 10.5 Å². The Balaban J connectivity index is 1.88. The largest absolute Gasteiger partial charge is 0.374 e. The zero-order chi connectivity index (χ0) is 10.7. The molecule has 1 aliphatic rings. The maximum Gasteiger partial charge on any atom is 0.0931 e. The second-order valence-electron chi connectivity index (χ2n) is 3.67. The van der Waals surface area contributed by atoms with Crippen LogP contribution in [0.1, 0.15) is 4.88 Å². The normalized spacial score (nSPS) is 23.2. The Morgan fingerprint density at radius 3 is 3.13 bits per heavy atom. The zero-order valence-corrected chi connectivity index (χ0v) is 10.1. The number of morpholine rings is 1. The van der Waals surface area contributed by atoms with Gasteiger partial charge in [-0.3, -0.25) is 4.90 Å². The topological polar surface area (TPSA) is 38.5 Å². The van der Waals surface area contributed by atoms with Gasteiger partial charge in [-0.1, -0.05) is 11.6 Å². The Morgan fingerprint density at radius 1 is 1.60 bits per heavy atom. The Hall–Kier alpha value is -0.130. The third kappa shape index (κ3) is 3.16. The molecule has 2 N–H and O–H groups in total. The maximum atomic E-state index is 5.89. The Labute approximate surface area is 98.8 Å². The lowest BCUT2D eigenvalue weighted by Gasteiger charge is -2.31. The Kier molecular flexibility index (Phi) is 3.99. The van der Waals surface area contributed by atoms with Crippen LogP contribution in [0.4, 0.5) is 0 Å². The van der Waals surface area contributed by atoms with Crippen LogP contribution in [0.2, 0.25) is 4.34 Å². The van der Waals surface area contributed by atoms with Crippen molar-refractivity contribution in [1.82, 2.24) is 4.90 Å². The molecule has 0 aromatic carbocycles. The average molecular weight is 247 g/mol. The fourth-order valence-corrected chi connectivity index (χ4v) is 2.85. The van der Waals surface area contributed by atoms with E-state index in [1.807, 2.05) is 6.07 Å². The quantitative estimate of drug-likeness (QED) is 0.880. The predicted molar refractivity (Wildman–Crippen MR) is 63.4 cm³/mol. The van der Waals surface area contributed by atoms with Crippen LogP contribution in [-0.4, -0.2) is 37.2 Å². The highest BCUT2D eigenvalue weighted by atomic mass is 35.5. The lowest BCUT2D eigenvalue weighted by molar-refractivity contribution is -0.0257. The van der Waals surface area contributed by atoms with E-state index < -0.39 is 0 Å². The predicted octanol–water partition coefficient (Wildman–Crippen LogP) is 1.56. The Bertz CT molecular complexity index is 318. The van der Waals surface area contributed by atoms with E-state index >= 15 is 0 Å². The number of hydrogen-bond acceptors (Lipinski definition) is 4. The monoisotopic (exact) mass is 246 g/mol. The van der Waals surface area contributed by atoms with Crippen LogP contribution in [0.5, 0.6) is 0 Å². The molecule has 1 saturated heterocycles. The molecule has 0 bridgehead atoms. The fraction of sp³-hybridized carbons (Fsp3) is 0.600. The van der Waals surface area contributed by atoms with Gasteiger partial charge in [0.05, 0.1) is 17.0 Å². The minimum Gasteiger partial charge on any atom is -0.374 e. The molecule has 1 atom stereocenters. The van der Waals surface area contributed by atoms with Crippen LogP contribution in [-0.2, 0) is 11.3 Å². The summed E-state index contributed by atoms with van der Waals surface area (Å²) in [5, 5.41) is 0. The molecule has 0 aliphatic carbocycles. The van der Waals surface area contributed by atoms with Crippen LogP contribution in [0.15, 0.2) is 12.1 Å². The highest BCUT2D eigenvalue weighted by molar-refractivity contribution is 7.16. The number of halogens is 1. The van der Waals surface area contributed by atoms with Gasteiger partial charge in [-0.05, 0) is 12.1 Å². The molecule has 2 heterocycles. The fourth-order valence-electron chi connectivity index (χ4n) is 1.72. The molecule has 1 aromatic rings. The maximum absolute atomic E-state index is 5.89. The number of nitrogens with two attached hydrogens (primary N) is 1. The average Bonchev–Trinajstić information content (AvgIpc) is 2.64. The first kappa shape index (κ1) is 11.4. The van der Waals surface area contributed by atoms with E-state index in [1.54, 1.807) is 11.3 Å². The molecule has 0 spiro atoms. The highest BCUT2D eigenvalue weighted by Gasteiger charge is 2.19. The molecular weight excluding hydrogens is 232 g/mol. The first-order valence-electron chi connectivity index (χ1n) is 5.06. The van der Waals surface area contributed by atoms with Gasteiger partial charge in [0, 0.05) is 31.1 Å². The summed E-state index contributed by atoms with van der Waals surface area (Å²) < 4.78 is 6.37. The number of hydrogen-bond donors (Lipinski definition) is 1. The van der Waals surface area contributed by atoms with E-state index in [0.717, 1.165) is 30.6 Å². The molecular formula is C10H15ClN2OS. The van der Waals surface area contributed by atoms with Crippen LogP contribution in [0.25, 0.3) is 0 Å². The standard InChI is InChI=1S/C10H15ClN2OS/c11-10-2-1-9(15-10)7-13-3-4-14-8(5-12)6-13/h1-2,8H,3-7,12H2/t8-/m1/s1. The molecule has 15 heavy (non-hydrogen) atoms. The molecule has 0 saturated carbocycles. The molecule has 2 rings (SSSR count). The van der Waals surface area contributed by atoms with Crippen molar-refractivity contribution >= 4 is 22.9 Å². The summed E-state index contributed by atoms with van der Waals surface area (Å²) in [4.78, 5) is 3.67. The summed E-state index contributed by atoms with van der Waals surface area (Å²) in [6, 6.07) is 4.03. The van der Waals surface area contributed by atoms with E-state index in [2.05, 4.69) is 11.0 Å². The van der Waals surface area contributed by atoms with Crippen LogP contribution in [0.3, 0.4) is 0 Å². The van der Waals surface area contributed by atoms with Crippen molar-refractivity contribution in [2.24, 2.45) is 5.73 Å². The van der Waals surface area contributed by atoms with Gasteiger partial charge in [-0.2, -0.15) is 0 Å². The van der Waals surface area contributed by atoms with Crippen LogP contribution in [0, 0.1) is 0 Å². The summed E-state index contributed by atoms with van der Waals surface area (Å²) in [7, 11) is 0. The smallest absolute Gasteiger partial charge is 0.0931 e. The minimum atomic E-state index is 0.189. The molecule has 3 nitrogen and oxygen atoms in total. The van der Waals surface area contributed by atoms with E-state index in [1.165, 1.54) is 4.88 Å². The van der Waals surface area contributed by atoms with Gasteiger partial charge in [-0.25, -0.2) is 0 Å². The van der Waals surface area contributed by atoms with E-state index in [4.69, 9.17) is 22.1 Å². The van der Waals surface area contributed by atoms with Gasteiger partial charge in [0.2, 0.25) is 0 Å². The molecule has 0 unspecified atom stereocenters. The molecule has 1 aromatic heterocycles. The van der Waals surface area contributed by atoms with Crippen molar-refractivity contribution in [2.75, 3.05) is 26.2 Å². The van der Waals surface area contributed by atoms with Crippen molar-refractivity contribution in [3.05, 3.63) is 21.3 Å². The number of thiophene rings is 1. The number of nitrogens with zero attached hydrogens (tertiary/aromatic N) is 1. The second-order valence-corrected chi connectivity index (χ2v) is 5.47. The minimum absolute atomic E-state index is 0.189. The third-order valence-electron chi connectivity index (χ3n) is 2.49. The summed E-state index contributed by atoms with van der Waals surface area (Å²) in [6.07, 6.45) is 0.189. The Morgan fingerprint density at radius 2 is 2.47 bits per heavy atom. The van der Waals surface area contributed by atoms with Gasteiger partial charge in [-0.15, -0.1) is 11.3 Å². The zero-order valence-electron chi connectivity index (χ0n) is 8.49.